The Kier molecular flexibility index (Phi) is 7.95. The molecular weight excluding hydrogens is 508 g/mol. The number of amides is 2. The summed E-state index contributed by atoms with van der Waals surface area (Å²) in [5.74, 6) is 0.353. The van der Waals surface area contributed by atoms with Gasteiger partial charge in [0.25, 0.3) is 11.8 Å². The second kappa shape index (κ2) is 11.5. The zero-order valence-electron chi connectivity index (χ0n) is 19.2. The molecule has 2 N–H and O–H groups in total. The fourth-order valence-electron chi connectivity index (χ4n) is 3.38. The lowest BCUT2D eigenvalue weighted by Crippen LogP contribution is -2.35. The number of nitrogens with zero attached hydrogens (tertiary/aromatic N) is 2. The minimum absolute atomic E-state index is 0.106. The highest BCUT2D eigenvalue weighted by atomic mass is 79.9. The van der Waals surface area contributed by atoms with Crippen LogP contribution in [0.5, 0.6) is 0 Å². The molecule has 2 aromatic heterocycles. The number of nitrogens with one attached hydrogen (secondary N) is 2. The second-order valence-electron chi connectivity index (χ2n) is 8.00. The molecule has 0 aliphatic carbocycles. The maximum atomic E-state index is 13.0. The largest absolute Gasteiger partial charge is 0.457 e. The molecule has 0 aliphatic rings. The third-order valence-corrected chi connectivity index (χ3v) is 5.82. The van der Waals surface area contributed by atoms with E-state index in [0.29, 0.717) is 23.6 Å². The Bertz CT molecular complexity index is 1310. The monoisotopic (exact) mass is 532 g/mol. The first-order valence-corrected chi connectivity index (χ1v) is 12.0. The second-order valence-corrected chi connectivity index (χ2v) is 8.91. The molecular formula is C27H25BrN4O3. The number of carbonyl (C=O) groups is 2. The SMILES string of the molecule is Cc1ccc(C(=O)N/C(=C\c2ccc(-c3ccc(Br)cc3)o2)C(=O)NCCCn2ccnc2)cc1. The van der Waals surface area contributed by atoms with Crippen LogP contribution in [-0.4, -0.2) is 27.9 Å². The van der Waals surface area contributed by atoms with Gasteiger partial charge in [0.2, 0.25) is 0 Å². The summed E-state index contributed by atoms with van der Waals surface area (Å²) in [6.07, 6.45) is 7.57. The van der Waals surface area contributed by atoms with Gasteiger partial charge >= 0.3 is 0 Å². The molecule has 2 aromatic carbocycles. The summed E-state index contributed by atoms with van der Waals surface area (Å²) in [6, 6.07) is 18.5. The summed E-state index contributed by atoms with van der Waals surface area (Å²) in [5, 5.41) is 5.61. The lowest BCUT2D eigenvalue weighted by atomic mass is 10.1. The zero-order chi connectivity index (χ0) is 24.6. The van der Waals surface area contributed by atoms with Crippen LogP contribution in [0.2, 0.25) is 0 Å². The molecule has 0 saturated carbocycles. The molecule has 0 unspecified atom stereocenters. The molecule has 178 valence electrons. The van der Waals surface area contributed by atoms with Crippen LogP contribution in [0.3, 0.4) is 0 Å². The Morgan fingerprint density at radius 1 is 1.06 bits per heavy atom. The van der Waals surface area contributed by atoms with E-state index < -0.39 is 5.91 Å². The first-order valence-electron chi connectivity index (χ1n) is 11.2. The molecule has 35 heavy (non-hydrogen) atoms. The minimum Gasteiger partial charge on any atom is -0.457 e. The predicted molar refractivity (Wildman–Crippen MR) is 138 cm³/mol. The van der Waals surface area contributed by atoms with Crippen molar-refractivity contribution in [2.45, 2.75) is 19.9 Å². The number of aromatic nitrogens is 2. The van der Waals surface area contributed by atoms with Gasteiger partial charge in [-0.3, -0.25) is 9.59 Å². The highest BCUT2D eigenvalue weighted by Crippen LogP contribution is 2.25. The van der Waals surface area contributed by atoms with E-state index in [4.69, 9.17) is 4.42 Å². The van der Waals surface area contributed by atoms with Gasteiger partial charge in [-0.2, -0.15) is 0 Å². The van der Waals surface area contributed by atoms with E-state index in [2.05, 4.69) is 31.5 Å². The van der Waals surface area contributed by atoms with Gasteiger partial charge in [-0.25, -0.2) is 4.98 Å². The van der Waals surface area contributed by atoms with Gasteiger partial charge in [-0.1, -0.05) is 45.8 Å². The standard InChI is InChI=1S/C27H25BrN4O3/c1-19-3-5-21(6-4-19)26(33)31-24(27(34)30-13-2-15-32-16-14-29-18-32)17-23-11-12-25(35-23)20-7-9-22(28)10-8-20/h3-12,14,16-18H,2,13,15H2,1H3,(H,30,34)(H,31,33)/b24-17-. The van der Waals surface area contributed by atoms with Gasteiger partial charge in [-0.05, 0) is 49.7 Å². The number of furan rings is 1. The molecule has 8 heteroatoms. The number of aryl methyl sites for hydroxylation is 2. The minimum atomic E-state index is -0.391. The van der Waals surface area contributed by atoms with Gasteiger partial charge < -0.3 is 19.6 Å². The highest BCUT2D eigenvalue weighted by molar-refractivity contribution is 9.10. The zero-order valence-corrected chi connectivity index (χ0v) is 20.8. The molecule has 0 aliphatic heterocycles. The molecule has 0 fully saturated rings. The Hall–Kier alpha value is -3.91. The van der Waals surface area contributed by atoms with Crippen LogP contribution in [0.25, 0.3) is 17.4 Å². The molecule has 2 heterocycles. The van der Waals surface area contributed by atoms with E-state index in [0.717, 1.165) is 28.6 Å². The van der Waals surface area contributed by atoms with Crippen molar-refractivity contribution < 1.29 is 14.0 Å². The molecule has 7 nitrogen and oxygen atoms in total. The molecule has 2 amide bonds. The third kappa shape index (κ3) is 6.80. The van der Waals surface area contributed by atoms with E-state index in [1.54, 1.807) is 36.8 Å². The van der Waals surface area contributed by atoms with Gasteiger partial charge in [0.05, 0.1) is 6.33 Å². The fourth-order valence-corrected chi connectivity index (χ4v) is 3.64. The molecule has 0 radical (unpaired) electrons. The van der Waals surface area contributed by atoms with Gasteiger partial charge in [0.15, 0.2) is 0 Å². The van der Waals surface area contributed by atoms with Crippen LogP contribution in [0, 0.1) is 6.92 Å². The van der Waals surface area contributed by atoms with Crippen LogP contribution in [0.1, 0.15) is 28.1 Å². The Balaban J connectivity index is 1.50. The van der Waals surface area contributed by atoms with E-state index in [9.17, 15) is 9.59 Å². The third-order valence-electron chi connectivity index (χ3n) is 5.29. The summed E-state index contributed by atoms with van der Waals surface area (Å²) < 4.78 is 8.84. The average molecular weight is 533 g/mol. The van der Waals surface area contributed by atoms with Gasteiger partial charge in [-0.15, -0.1) is 0 Å². The van der Waals surface area contributed by atoms with Crippen molar-refractivity contribution in [1.29, 1.82) is 0 Å². The number of imidazole rings is 1. The van der Waals surface area contributed by atoms with Crippen LogP contribution in [-0.2, 0) is 11.3 Å². The summed E-state index contributed by atoms with van der Waals surface area (Å²) in [6.45, 7) is 3.12. The number of benzene rings is 2. The van der Waals surface area contributed by atoms with E-state index >= 15 is 0 Å². The van der Waals surface area contributed by atoms with Crippen molar-refractivity contribution >= 4 is 33.8 Å². The van der Waals surface area contributed by atoms with Crippen molar-refractivity contribution in [3.05, 3.63) is 106 Å². The Morgan fingerprint density at radius 3 is 2.54 bits per heavy atom. The lowest BCUT2D eigenvalue weighted by Gasteiger charge is -2.11. The van der Waals surface area contributed by atoms with Gasteiger partial charge in [0, 0.05) is 47.2 Å². The molecule has 0 spiro atoms. The number of rotatable bonds is 9. The summed E-state index contributed by atoms with van der Waals surface area (Å²) >= 11 is 3.43. The maximum absolute atomic E-state index is 13.0. The van der Waals surface area contributed by atoms with Gasteiger partial charge in [0.1, 0.15) is 17.2 Å². The molecule has 0 atom stereocenters. The Labute approximate surface area is 212 Å². The number of hydrogen-bond acceptors (Lipinski definition) is 4. The molecule has 0 saturated heterocycles. The van der Waals surface area contributed by atoms with E-state index in [-0.39, 0.29) is 11.6 Å². The molecule has 4 aromatic rings. The van der Waals surface area contributed by atoms with Crippen molar-refractivity contribution in [1.82, 2.24) is 20.2 Å². The van der Waals surface area contributed by atoms with Crippen molar-refractivity contribution in [2.24, 2.45) is 0 Å². The van der Waals surface area contributed by atoms with Crippen LogP contribution in [0.15, 0.2) is 94.0 Å². The Morgan fingerprint density at radius 2 is 1.83 bits per heavy atom. The fraction of sp³-hybridized carbons (Fsp3) is 0.148. The van der Waals surface area contributed by atoms with Crippen LogP contribution >= 0.6 is 15.9 Å². The number of halogens is 1. The molecule has 4 rings (SSSR count). The van der Waals surface area contributed by atoms with Crippen LogP contribution < -0.4 is 10.6 Å². The van der Waals surface area contributed by atoms with Crippen molar-refractivity contribution in [3.63, 3.8) is 0 Å². The predicted octanol–water partition coefficient (Wildman–Crippen LogP) is 5.19. The highest BCUT2D eigenvalue weighted by Gasteiger charge is 2.16. The average Bonchev–Trinajstić information content (AvgIpc) is 3.54. The van der Waals surface area contributed by atoms with E-state index in [1.807, 2.05) is 60.2 Å². The maximum Gasteiger partial charge on any atom is 0.267 e. The summed E-state index contributed by atoms with van der Waals surface area (Å²) in [5.41, 5.74) is 2.52. The van der Waals surface area contributed by atoms with E-state index in [1.165, 1.54) is 0 Å². The normalized spacial score (nSPS) is 11.3. The smallest absolute Gasteiger partial charge is 0.267 e. The number of hydrogen-bond donors (Lipinski definition) is 2. The topological polar surface area (TPSA) is 89.2 Å². The van der Waals surface area contributed by atoms with Crippen molar-refractivity contribution in [2.75, 3.05) is 6.54 Å². The van der Waals surface area contributed by atoms with Crippen LogP contribution in [0.4, 0.5) is 0 Å². The lowest BCUT2D eigenvalue weighted by molar-refractivity contribution is -0.117. The number of carbonyl (C=O) groups excluding carboxylic acids is 2. The quantitative estimate of drug-likeness (QED) is 0.229. The summed E-state index contributed by atoms with van der Waals surface area (Å²) in [4.78, 5) is 29.8. The first-order chi connectivity index (χ1) is 17.0. The first kappa shape index (κ1) is 24.2. The molecule has 0 bridgehead atoms. The van der Waals surface area contributed by atoms with Crippen molar-refractivity contribution in [3.8, 4) is 11.3 Å². The summed E-state index contributed by atoms with van der Waals surface area (Å²) in [7, 11) is 0.